The van der Waals surface area contributed by atoms with Gasteiger partial charge >= 0.3 is 0 Å². The average molecular weight is 346 g/mol. The van der Waals surface area contributed by atoms with Crippen LogP contribution in [0.3, 0.4) is 0 Å². The third kappa shape index (κ3) is 4.01. The van der Waals surface area contributed by atoms with Gasteiger partial charge in [-0.25, -0.2) is 0 Å². The Bertz CT molecular complexity index is 732. The molecule has 0 radical (unpaired) electrons. The summed E-state index contributed by atoms with van der Waals surface area (Å²) in [5, 5.41) is 3.59. The largest absolute Gasteiger partial charge is 0.493 e. The Morgan fingerprint density at radius 1 is 1.21 bits per heavy atom. The quantitative estimate of drug-likeness (QED) is 0.870. The molecule has 1 saturated heterocycles. The fourth-order valence-electron chi connectivity index (χ4n) is 2.87. The van der Waals surface area contributed by atoms with Crippen molar-refractivity contribution in [3.05, 3.63) is 58.6 Å². The molecule has 5 heteroatoms. The van der Waals surface area contributed by atoms with Gasteiger partial charge in [0.2, 0.25) is 5.91 Å². The predicted octanol–water partition coefficient (Wildman–Crippen LogP) is 3.57. The number of nitrogens with one attached hydrogen (secondary N) is 1. The number of methoxy groups -OCH3 is 1. The molecule has 2 aromatic carbocycles. The molecule has 1 unspecified atom stereocenters. The molecule has 1 amide bonds. The fourth-order valence-corrected chi connectivity index (χ4v) is 3.09. The normalized spacial score (nSPS) is 16.8. The van der Waals surface area contributed by atoms with E-state index in [1.165, 1.54) is 0 Å². The minimum Gasteiger partial charge on any atom is -0.493 e. The van der Waals surface area contributed by atoms with Crippen LogP contribution in [0.1, 0.15) is 23.5 Å². The van der Waals surface area contributed by atoms with E-state index in [1.807, 2.05) is 42.5 Å². The van der Waals surface area contributed by atoms with Crippen molar-refractivity contribution in [3.8, 4) is 11.5 Å². The van der Waals surface area contributed by atoms with Gasteiger partial charge in [0.05, 0.1) is 13.7 Å². The van der Waals surface area contributed by atoms with Gasteiger partial charge in [-0.05, 0) is 35.4 Å². The molecule has 4 nitrogen and oxygen atoms in total. The van der Waals surface area contributed by atoms with Crippen LogP contribution in [0.5, 0.6) is 11.5 Å². The van der Waals surface area contributed by atoms with Crippen molar-refractivity contribution >= 4 is 17.5 Å². The fraction of sp³-hybridized carbons (Fsp3) is 0.316. The number of ether oxygens (including phenoxy) is 2. The molecular weight excluding hydrogens is 326 g/mol. The summed E-state index contributed by atoms with van der Waals surface area (Å²) >= 11 is 6.00. The predicted molar refractivity (Wildman–Crippen MR) is 94.0 cm³/mol. The zero-order chi connectivity index (χ0) is 16.9. The molecule has 0 spiro atoms. The van der Waals surface area contributed by atoms with Gasteiger partial charge in [-0.3, -0.25) is 4.79 Å². The van der Waals surface area contributed by atoms with Gasteiger partial charge in [0.15, 0.2) is 11.5 Å². The number of hydrogen-bond donors (Lipinski definition) is 1. The molecule has 1 aliphatic rings. The first-order valence-electron chi connectivity index (χ1n) is 7.97. The van der Waals surface area contributed by atoms with Gasteiger partial charge < -0.3 is 14.8 Å². The maximum atomic E-state index is 11.4. The van der Waals surface area contributed by atoms with Gasteiger partial charge in [0, 0.05) is 30.3 Å². The standard InChI is InChI=1S/C19H20ClNO3/c1-23-17-6-5-14(15-11-19(22)21-12-15)10-18(17)24-8-7-13-3-2-4-16(20)9-13/h2-6,9-10,15H,7-8,11-12H2,1H3,(H,21,22). The number of rotatable bonds is 6. The van der Waals surface area contributed by atoms with Crippen molar-refractivity contribution in [2.45, 2.75) is 18.8 Å². The van der Waals surface area contributed by atoms with Crippen molar-refractivity contribution in [1.82, 2.24) is 5.32 Å². The van der Waals surface area contributed by atoms with Crippen molar-refractivity contribution in [2.24, 2.45) is 0 Å². The highest BCUT2D eigenvalue weighted by atomic mass is 35.5. The maximum absolute atomic E-state index is 11.4. The molecule has 24 heavy (non-hydrogen) atoms. The van der Waals surface area contributed by atoms with Crippen LogP contribution in [0.25, 0.3) is 0 Å². The summed E-state index contributed by atoms with van der Waals surface area (Å²) in [6.07, 6.45) is 1.28. The van der Waals surface area contributed by atoms with E-state index in [9.17, 15) is 4.79 Å². The second kappa shape index (κ2) is 7.58. The number of benzene rings is 2. The van der Waals surface area contributed by atoms with Gasteiger partial charge in [0.1, 0.15) is 0 Å². The Labute approximate surface area is 146 Å². The van der Waals surface area contributed by atoms with Crippen LogP contribution in [0, 0.1) is 0 Å². The lowest BCUT2D eigenvalue weighted by Gasteiger charge is -2.14. The number of carbonyl (C=O) groups excluding carboxylic acids is 1. The minimum absolute atomic E-state index is 0.0965. The molecule has 1 N–H and O–H groups in total. The smallest absolute Gasteiger partial charge is 0.220 e. The first-order valence-corrected chi connectivity index (χ1v) is 8.35. The Balaban J connectivity index is 1.68. The van der Waals surface area contributed by atoms with E-state index in [2.05, 4.69) is 5.32 Å². The first-order chi connectivity index (χ1) is 11.7. The summed E-state index contributed by atoms with van der Waals surface area (Å²) in [5.41, 5.74) is 2.22. The van der Waals surface area contributed by atoms with Gasteiger partial charge in [-0.1, -0.05) is 29.8 Å². The summed E-state index contributed by atoms with van der Waals surface area (Å²) in [6, 6.07) is 13.6. The van der Waals surface area contributed by atoms with E-state index >= 15 is 0 Å². The second-order valence-electron chi connectivity index (χ2n) is 5.84. The maximum Gasteiger partial charge on any atom is 0.220 e. The molecular formula is C19H20ClNO3. The lowest BCUT2D eigenvalue weighted by Crippen LogP contribution is -2.13. The number of hydrogen-bond acceptors (Lipinski definition) is 3. The van der Waals surface area contributed by atoms with E-state index in [-0.39, 0.29) is 11.8 Å². The summed E-state index contributed by atoms with van der Waals surface area (Å²) < 4.78 is 11.3. The molecule has 1 heterocycles. The summed E-state index contributed by atoms with van der Waals surface area (Å²) in [6.45, 7) is 1.20. The summed E-state index contributed by atoms with van der Waals surface area (Å²) in [7, 11) is 1.62. The Morgan fingerprint density at radius 3 is 2.79 bits per heavy atom. The molecule has 1 fully saturated rings. The molecule has 0 bridgehead atoms. The second-order valence-corrected chi connectivity index (χ2v) is 6.28. The van der Waals surface area contributed by atoms with Crippen LogP contribution >= 0.6 is 11.6 Å². The topological polar surface area (TPSA) is 47.6 Å². The molecule has 3 rings (SSSR count). The van der Waals surface area contributed by atoms with E-state index in [1.54, 1.807) is 7.11 Å². The van der Waals surface area contributed by atoms with Crippen LogP contribution in [-0.4, -0.2) is 26.2 Å². The molecule has 0 saturated carbocycles. The first kappa shape index (κ1) is 16.7. The molecule has 1 aliphatic heterocycles. The van der Waals surface area contributed by atoms with Gasteiger partial charge in [-0.15, -0.1) is 0 Å². The number of halogens is 1. The zero-order valence-electron chi connectivity index (χ0n) is 13.5. The number of amides is 1. The lowest BCUT2D eigenvalue weighted by molar-refractivity contribution is -0.119. The minimum atomic E-state index is 0.0965. The van der Waals surface area contributed by atoms with Crippen molar-refractivity contribution < 1.29 is 14.3 Å². The van der Waals surface area contributed by atoms with E-state index in [0.29, 0.717) is 31.1 Å². The highest BCUT2D eigenvalue weighted by Crippen LogP contribution is 2.33. The molecule has 0 aromatic heterocycles. The van der Waals surface area contributed by atoms with E-state index < -0.39 is 0 Å². The monoisotopic (exact) mass is 345 g/mol. The van der Waals surface area contributed by atoms with Crippen LogP contribution < -0.4 is 14.8 Å². The molecule has 126 valence electrons. The Kier molecular flexibility index (Phi) is 5.26. The third-order valence-electron chi connectivity index (χ3n) is 4.17. The zero-order valence-corrected chi connectivity index (χ0v) is 14.3. The molecule has 1 atom stereocenters. The summed E-state index contributed by atoms with van der Waals surface area (Å²) in [4.78, 5) is 11.4. The van der Waals surface area contributed by atoms with Crippen LogP contribution in [0.15, 0.2) is 42.5 Å². The van der Waals surface area contributed by atoms with Crippen molar-refractivity contribution in [1.29, 1.82) is 0 Å². The van der Waals surface area contributed by atoms with Crippen molar-refractivity contribution in [2.75, 3.05) is 20.3 Å². The van der Waals surface area contributed by atoms with E-state index in [0.717, 1.165) is 22.6 Å². The highest BCUT2D eigenvalue weighted by molar-refractivity contribution is 6.30. The van der Waals surface area contributed by atoms with E-state index in [4.69, 9.17) is 21.1 Å². The molecule has 0 aliphatic carbocycles. The van der Waals surface area contributed by atoms with Crippen molar-refractivity contribution in [3.63, 3.8) is 0 Å². The van der Waals surface area contributed by atoms with Gasteiger partial charge in [0.25, 0.3) is 0 Å². The SMILES string of the molecule is COc1ccc(C2CNC(=O)C2)cc1OCCc1cccc(Cl)c1. The van der Waals surface area contributed by atoms with Crippen LogP contribution in [0.2, 0.25) is 5.02 Å². The average Bonchev–Trinajstić information content (AvgIpc) is 3.01. The van der Waals surface area contributed by atoms with Gasteiger partial charge in [-0.2, -0.15) is 0 Å². The summed E-state index contributed by atoms with van der Waals surface area (Å²) in [5.74, 6) is 1.69. The van der Waals surface area contributed by atoms with Crippen LogP contribution in [0.4, 0.5) is 0 Å². The Hall–Kier alpha value is -2.20. The van der Waals surface area contributed by atoms with Crippen LogP contribution in [-0.2, 0) is 11.2 Å². The highest BCUT2D eigenvalue weighted by Gasteiger charge is 2.23. The number of carbonyl (C=O) groups is 1. The Morgan fingerprint density at radius 2 is 2.08 bits per heavy atom. The lowest BCUT2D eigenvalue weighted by atomic mass is 9.98. The molecule has 2 aromatic rings. The third-order valence-corrected chi connectivity index (χ3v) is 4.41.